The molecule has 1 atom stereocenters. The first kappa shape index (κ1) is 27.5. The Bertz CT molecular complexity index is 797. The van der Waals surface area contributed by atoms with Gasteiger partial charge in [-0.15, -0.1) is 0 Å². The average molecular weight is 477 g/mol. The van der Waals surface area contributed by atoms with E-state index in [4.69, 9.17) is 14.2 Å². The van der Waals surface area contributed by atoms with Gasteiger partial charge in [0.15, 0.2) is 18.1 Å². The third-order valence-corrected chi connectivity index (χ3v) is 5.94. The molecular formula is C26H40N2O6. The van der Waals surface area contributed by atoms with Gasteiger partial charge in [0.1, 0.15) is 6.04 Å². The molecule has 0 spiro atoms. The number of hydrogen-bond acceptors (Lipinski definition) is 6. The Hall–Kier alpha value is -2.77. The van der Waals surface area contributed by atoms with E-state index in [-0.39, 0.29) is 24.8 Å². The van der Waals surface area contributed by atoms with Gasteiger partial charge in [0.05, 0.1) is 20.1 Å². The molecule has 1 unspecified atom stereocenters. The number of nitrogens with one attached hydrogen (secondary N) is 1. The molecule has 8 heteroatoms. The van der Waals surface area contributed by atoms with Crippen molar-refractivity contribution >= 4 is 17.8 Å². The van der Waals surface area contributed by atoms with Crippen molar-refractivity contribution < 1.29 is 28.6 Å². The predicted molar refractivity (Wildman–Crippen MR) is 130 cm³/mol. The summed E-state index contributed by atoms with van der Waals surface area (Å²) in [5.74, 6) is -0.201. The molecule has 1 aliphatic heterocycles. The number of benzene rings is 1. The van der Waals surface area contributed by atoms with E-state index >= 15 is 0 Å². The topological polar surface area (TPSA) is 94.2 Å². The fourth-order valence-electron chi connectivity index (χ4n) is 3.97. The summed E-state index contributed by atoms with van der Waals surface area (Å²) in [6, 6.07) is 4.53. The SMILES string of the molecule is CCCCCCCCCCOC(=O)CC1C(=O)NCCN1C(=O)COc1ccc(C)cc1OC. The standard InChI is InChI=1S/C26H40N2O6/c1-4-5-6-7-8-9-10-11-16-33-25(30)18-21-26(31)27-14-15-28(21)24(29)19-34-22-13-12-20(2)17-23(22)32-3/h12-13,17,21H,4-11,14-16,18-19H2,1-3H3,(H,27,31). The van der Waals surface area contributed by atoms with Crippen LogP contribution in [0.2, 0.25) is 0 Å². The second kappa shape index (κ2) is 15.2. The van der Waals surface area contributed by atoms with Gasteiger partial charge in [-0.1, -0.05) is 57.9 Å². The average Bonchev–Trinajstić information content (AvgIpc) is 2.83. The molecule has 0 aromatic heterocycles. The lowest BCUT2D eigenvalue weighted by Crippen LogP contribution is -2.58. The summed E-state index contributed by atoms with van der Waals surface area (Å²) >= 11 is 0. The Morgan fingerprint density at radius 2 is 1.76 bits per heavy atom. The Balaban J connectivity index is 1.77. The van der Waals surface area contributed by atoms with Gasteiger partial charge in [-0.25, -0.2) is 0 Å². The monoisotopic (exact) mass is 476 g/mol. The molecule has 1 saturated heterocycles. The third-order valence-electron chi connectivity index (χ3n) is 5.94. The van der Waals surface area contributed by atoms with Crippen molar-refractivity contribution in [2.24, 2.45) is 0 Å². The molecule has 34 heavy (non-hydrogen) atoms. The van der Waals surface area contributed by atoms with Crippen LogP contribution in [-0.2, 0) is 19.1 Å². The van der Waals surface area contributed by atoms with E-state index < -0.39 is 12.0 Å². The van der Waals surface area contributed by atoms with E-state index in [9.17, 15) is 14.4 Å². The highest BCUT2D eigenvalue weighted by Crippen LogP contribution is 2.27. The lowest BCUT2D eigenvalue weighted by atomic mass is 10.1. The summed E-state index contributed by atoms with van der Waals surface area (Å²) in [6.07, 6.45) is 9.10. The zero-order valence-corrected chi connectivity index (χ0v) is 20.9. The molecule has 1 fully saturated rings. The Morgan fingerprint density at radius 1 is 1.06 bits per heavy atom. The maximum atomic E-state index is 12.8. The molecule has 8 nitrogen and oxygen atoms in total. The Kier molecular flexibility index (Phi) is 12.3. The van der Waals surface area contributed by atoms with Gasteiger partial charge < -0.3 is 24.4 Å². The van der Waals surface area contributed by atoms with Crippen molar-refractivity contribution in [1.82, 2.24) is 10.2 Å². The van der Waals surface area contributed by atoms with Gasteiger partial charge in [-0.05, 0) is 31.0 Å². The molecule has 1 N–H and O–H groups in total. The normalized spacial score (nSPS) is 15.6. The minimum absolute atomic E-state index is 0.164. The van der Waals surface area contributed by atoms with Crippen LogP contribution in [0.15, 0.2) is 18.2 Å². The molecule has 190 valence electrons. The lowest BCUT2D eigenvalue weighted by molar-refractivity contribution is -0.152. The number of methoxy groups -OCH3 is 1. The minimum atomic E-state index is -0.893. The first-order chi connectivity index (χ1) is 16.5. The largest absolute Gasteiger partial charge is 0.493 e. The van der Waals surface area contributed by atoms with E-state index in [2.05, 4.69) is 12.2 Å². The summed E-state index contributed by atoms with van der Waals surface area (Å²) in [4.78, 5) is 39.0. The molecule has 0 saturated carbocycles. The molecule has 2 rings (SSSR count). The van der Waals surface area contributed by atoms with E-state index in [0.717, 1.165) is 24.8 Å². The van der Waals surface area contributed by atoms with Crippen LogP contribution in [0, 0.1) is 6.92 Å². The number of piperazine rings is 1. The van der Waals surface area contributed by atoms with Gasteiger partial charge in [0, 0.05) is 13.1 Å². The van der Waals surface area contributed by atoms with Crippen LogP contribution in [-0.4, -0.2) is 62.1 Å². The van der Waals surface area contributed by atoms with Crippen LogP contribution in [0.25, 0.3) is 0 Å². The number of esters is 1. The number of carbonyl (C=O) groups is 3. The fraction of sp³-hybridized carbons (Fsp3) is 0.654. The highest BCUT2D eigenvalue weighted by Gasteiger charge is 2.35. The first-order valence-electron chi connectivity index (χ1n) is 12.5. The summed E-state index contributed by atoms with van der Waals surface area (Å²) in [6.45, 7) is 4.87. The molecule has 2 amide bonds. The quantitative estimate of drug-likeness (QED) is 0.306. The molecule has 0 bridgehead atoms. The zero-order chi connectivity index (χ0) is 24.8. The van der Waals surface area contributed by atoms with E-state index in [1.807, 2.05) is 19.1 Å². The summed E-state index contributed by atoms with van der Waals surface area (Å²) in [5.41, 5.74) is 1.01. The molecule has 0 aliphatic carbocycles. The van der Waals surface area contributed by atoms with E-state index in [1.165, 1.54) is 44.1 Å². The minimum Gasteiger partial charge on any atom is -0.493 e. The number of amides is 2. The van der Waals surface area contributed by atoms with Gasteiger partial charge in [-0.3, -0.25) is 14.4 Å². The Morgan fingerprint density at radius 3 is 2.47 bits per heavy atom. The highest BCUT2D eigenvalue weighted by molar-refractivity contribution is 5.92. The van der Waals surface area contributed by atoms with Gasteiger partial charge in [0.2, 0.25) is 5.91 Å². The maximum absolute atomic E-state index is 12.8. The highest BCUT2D eigenvalue weighted by atomic mass is 16.5. The van der Waals surface area contributed by atoms with Crippen molar-refractivity contribution in [2.45, 2.75) is 77.7 Å². The van der Waals surface area contributed by atoms with Crippen LogP contribution in [0.1, 0.15) is 70.3 Å². The number of hydrogen-bond donors (Lipinski definition) is 1. The van der Waals surface area contributed by atoms with Gasteiger partial charge in [-0.2, -0.15) is 0 Å². The number of ether oxygens (including phenoxy) is 3. The number of unbranched alkanes of at least 4 members (excludes halogenated alkanes) is 7. The number of rotatable bonds is 15. The van der Waals surface area contributed by atoms with E-state index in [1.54, 1.807) is 6.07 Å². The van der Waals surface area contributed by atoms with Crippen LogP contribution < -0.4 is 14.8 Å². The smallest absolute Gasteiger partial charge is 0.308 e. The van der Waals surface area contributed by atoms with Crippen molar-refractivity contribution in [1.29, 1.82) is 0 Å². The molecule has 1 aliphatic rings. The second-order valence-electron chi connectivity index (χ2n) is 8.74. The van der Waals surface area contributed by atoms with Crippen LogP contribution >= 0.6 is 0 Å². The lowest BCUT2D eigenvalue weighted by Gasteiger charge is -2.34. The first-order valence-corrected chi connectivity index (χ1v) is 12.5. The number of nitrogens with zero attached hydrogens (tertiary/aromatic N) is 1. The number of carbonyl (C=O) groups excluding carboxylic acids is 3. The third kappa shape index (κ3) is 9.23. The number of aryl methyl sites for hydroxylation is 1. The van der Waals surface area contributed by atoms with Crippen molar-refractivity contribution in [3.8, 4) is 11.5 Å². The van der Waals surface area contributed by atoms with Crippen molar-refractivity contribution in [2.75, 3.05) is 33.4 Å². The maximum Gasteiger partial charge on any atom is 0.308 e. The predicted octanol–water partition coefficient (Wildman–Crippen LogP) is 3.78. The van der Waals surface area contributed by atoms with Gasteiger partial charge >= 0.3 is 5.97 Å². The van der Waals surface area contributed by atoms with Crippen molar-refractivity contribution in [3.05, 3.63) is 23.8 Å². The summed E-state index contributed by atoms with van der Waals surface area (Å²) in [5, 5.41) is 2.72. The van der Waals surface area contributed by atoms with E-state index in [0.29, 0.717) is 31.2 Å². The van der Waals surface area contributed by atoms with Crippen LogP contribution in [0.3, 0.4) is 0 Å². The Labute approximate surface area is 203 Å². The van der Waals surface area contributed by atoms with Gasteiger partial charge in [0.25, 0.3) is 5.91 Å². The zero-order valence-electron chi connectivity index (χ0n) is 20.9. The molecule has 1 aromatic rings. The molecular weight excluding hydrogens is 436 g/mol. The molecule has 1 heterocycles. The molecule has 0 radical (unpaired) electrons. The van der Waals surface area contributed by atoms with Crippen molar-refractivity contribution in [3.63, 3.8) is 0 Å². The molecule has 1 aromatic carbocycles. The second-order valence-corrected chi connectivity index (χ2v) is 8.74. The summed E-state index contributed by atoms with van der Waals surface area (Å²) in [7, 11) is 1.54. The van der Waals surface area contributed by atoms with Crippen LogP contribution in [0.5, 0.6) is 11.5 Å². The fourth-order valence-corrected chi connectivity index (χ4v) is 3.97. The van der Waals surface area contributed by atoms with Crippen LogP contribution in [0.4, 0.5) is 0 Å². The summed E-state index contributed by atoms with van der Waals surface area (Å²) < 4.78 is 16.3.